The largest absolute Gasteiger partial charge is 0.381 e. The molecule has 0 atom stereocenters. The zero-order chi connectivity index (χ0) is 10.1. The van der Waals surface area contributed by atoms with Gasteiger partial charge in [-0.05, 0) is 19.8 Å². The molecule has 3 nitrogen and oxygen atoms in total. The van der Waals surface area contributed by atoms with Gasteiger partial charge in [-0.1, -0.05) is 13.8 Å². The summed E-state index contributed by atoms with van der Waals surface area (Å²) < 4.78 is 5.15. The predicted molar refractivity (Wildman–Crippen MR) is 53.6 cm³/mol. The molecule has 78 valence electrons. The molecule has 1 saturated heterocycles. The molecule has 1 amide bonds. The van der Waals surface area contributed by atoms with Gasteiger partial charge in [0.2, 0.25) is 5.91 Å². The third-order valence-electron chi connectivity index (χ3n) is 1.94. The van der Waals surface area contributed by atoms with Gasteiger partial charge >= 0.3 is 0 Å². The fourth-order valence-electron chi connectivity index (χ4n) is 1.28. The highest BCUT2D eigenvalue weighted by atomic mass is 16.5. The molecular formula is C10H21NO2. The summed E-state index contributed by atoms with van der Waals surface area (Å²) in [4.78, 5) is 11.2. The Balaban J connectivity index is 0.000000671. The second kappa shape index (κ2) is 8.05. The minimum atomic E-state index is 0.191. The highest BCUT2D eigenvalue weighted by Gasteiger charge is 2.20. The molecule has 0 saturated carbocycles. The van der Waals surface area contributed by atoms with Gasteiger partial charge in [0.05, 0.1) is 0 Å². The Morgan fingerprint density at radius 3 is 2.38 bits per heavy atom. The summed E-state index contributed by atoms with van der Waals surface area (Å²) in [7, 11) is 0. The first-order valence-electron chi connectivity index (χ1n) is 5.20. The van der Waals surface area contributed by atoms with Crippen LogP contribution in [0.4, 0.5) is 0 Å². The monoisotopic (exact) mass is 187 g/mol. The van der Waals surface area contributed by atoms with Gasteiger partial charge in [-0.25, -0.2) is 0 Å². The van der Waals surface area contributed by atoms with Crippen LogP contribution in [0.5, 0.6) is 0 Å². The Kier molecular flexibility index (Phi) is 7.69. The van der Waals surface area contributed by atoms with Crippen molar-refractivity contribution in [3.8, 4) is 0 Å². The zero-order valence-corrected chi connectivity index (χ0v) is 8.93. The fraction of sp³-hybridized carbons (Fsp3) is 0.900. The maximum absolute atomic E-state index is 11.2. The Hall–Kier alpha value is -0.570. The molecular weight excluding hydrogens is 166 g/mol. The summed E-state index contributed by atoms with van der Waals surface area (Å²) in [6, 6.07) is 0. The molecule has 0 unspecified atom stereocenters. The molecule has 0 aromatic rings. The molecule has 3 heteroatoms. The lowest BCUT2D eigenvalue weighted by molar-refractivity contribution is -0.127. The van der Waals surface area contributed by atoms with E-state index in [2.05, 4.69) is 5.32 Å². The predicted octanol–water partition coefficient (Wildman–Crippen LogP) is 1.58. The summed E-state index contributed by atoms with van der Waals surface area (Å²) in [5.74, 6) is 0.388. The second-order valence-electron chi connectivity index (χ2n) is 2.78. The summed E-state index contributed by atoms with van der Waals surface area (Å²) in [6.07, 6.45) is 1.76. The van der Waals surface area contributed by atoms with Crippen molar-refractivity contribution in [3.63, 3.8) is 0 Å². The van der Waals surface area contributed by atoms with Crippen molar-refractivity contribution in [3.05, 3.63) is 0 Å². The van der Waals surface area contributed by atoms with Gasteiger partial charge in [-0.15, -0.1) is 0 Å². The van der Waals surface area contributed by atoms with E-state index in [0.717, 1.165) is 32.6 Å². The highest BCUT2D eigenvalue weighted by molar-refractivity contribution is 5.78. The van der Waals surface area contributed by atoms with Crippen LogP contribution in [-0.4, -0.2) is 25.7 Å². The van der Waals surface area contributed by atoms with Gasteiger partial charge in [0.15, 0.2) is 0 Å². The van der Waals surface area contributed by atoms with Crippen LogP contribution in [0.3, 0.4) is 0 Å². The number of hydrogen-bond donors (Lipinski definition) is 1. The van der Waals surface area contributed by atoms with Crippen LogP contribution >= 0.6 is 0 Å². The Morgan fingerprint density at radius 2 is 1.92 bits per heavy atom. The number of carbonyl (C=O) groups excluding carboxylic acids is 1. The summed E-state index contributed by atoms with van der Waals surface area (Å²) in [6.45, 7) is 8.15. The molecule has 1 fully saturated rings. The third kappa shape index (κ3) is 4.88. The molecule has 1 rings (SSSR count). The van der Waals surface area contributed by atoms with E-state index >= 15 is 0 Å². The van der Waals surface area contributed by atoms with Gasteiger partial charge < -0.3 is 10.1 Å². The number of rotatable bonds is 2. The fourth-order valence-corrected chi connectivity index (χ4v) is 1.28. The normalized spacial score (nSPS) is 17.2. The van der Waals surface area contributed by atoms with E-state index in [1.54, 1.807) is 0 Å². The number of amides is 1. The van der Waals surface area contributed by atoms with Crippen LogP contribution in [0.25, 0.3) is 0 Å². The lowest BCUT2D eigenvalue weighted by Crippen LogP contribution is -2.33. The van der Waals surface area contributed by atoms with E-state index in [1.807, 2.05) is 20.8 Å². The average Bonchev–Trinajstić information content (AvgIpc) is 2.23. The minimum Gasteiger partial charge on any atom is -0.381 e. The number of carbonyl (C=O) groups is 1. The molecule has 1 aliphatic heterocycles. The van der Waals surface area contributed by atoms with E-state index in [-0.39, 0.29) is 11.8 Å². The van der Waals surface area contributed by atoms with Crippen LogP contribution in [-0.2, 0) is 9.53 Å². The quantitative estimate of drug-likeness (QED) is 0.712. The lowest BCUT2D eigenvalue weighted by Gasteiger charge is -2.20. The van der Waals surface area contributed by atoms with E-state index < -0.39 is 0 Å². The zero-order valence-electron chi connectivity index (χ0n) is 8.93. The van der Waals surface area contributed by atoms with Crippen molar-refractivity contribution < 1.29 is 9.53 Å². The van der Waals surface area contributed by atoms with Crippen LogP contribution in [0.15, 0.2) is 0 Å². The molecule has 0 bridgehead atoms. The van der Waals surface area contributed by atoms with Crippen LogP contribution in [0, 0.1) is 5.92 Å². The SMILES string of the molecule is CC.CCNC(=O)C1CCOCC1. The van der Waals surface area contributed by atoms with Crippen molar-refractivity contribution in [2.24, 2.45) is 5.92 Å². The molecule has 1 heterocycles. The Morgan fingerprint density at radius 1 is 1.38 bits per heavy atom. The molecule has 1 aliphatic rings. The molecule has 0 aromatic carbocycles. The smallest absolute Gasteiger partial charge is 0.223 e. The molecule has 0 aliphatic carbocycles. The average molecular weight is 187 g/mol. The van der Waals surface area contributed by atoms with Gasteiger partial charge in [-0.3, -0.25) is 4.79 Å². The van der Waals surface area contributed by atoms with E-state index in [1.165, 1.54) is 0 Å². The first-order valence-corrected chi connectivity index (χ1v) is 5.20. The van der Waals surface area contributed by atoms with E-state index in [0.29, 0.717) is 0 Å². The minimum absolute atomic E-state index is 0.191. The van der Waals surface area contributed by atoms with Gasteiger partial charge in [0.25, 0.3) is 0 Å². The van der Waals surface area contributed by atoms with Crippen molar-refractivity contribution >= 4 is 5.91 Å². The van der Waals surface area contributed by atoms with E-state index in [9.17, 15) is 4.79 Å². The molecule has 0 aromatic heterocycles. The summed E-state index contributed by atoms with van der Waals surface area (Å²) in [5.41, 5.74) is 0. The molecule has 13 heavy (non-hydrogen) atoms. The standard InChI is InChI=1S/C8H15NO2.C2H6/c1-2-9-8(10)7-3-5-11-6-4-7;1-2/h7H,2-6H2,1H3,(H,9,10);1-2H3. The lowest BCUT2D eigenvalue weighted by atomic mass is 10.00. The second-order valence-corrected chi connectivity index (χ2v) is 2.78. The highest BCUT2D eigenvalue weighted by Crippen LogP contribution is 2.13. The van der Waals surface area contributed by atoms with E-state index in [4.69, 9.17) is 4.74 Å². The molecule has 0 radical (unpaired) electrons. The van der Waals surface area contributed by atoms with Crippen molar-refractivity contribution in [2.45, 2.75) is 33.6 Å². The summed E-state index contributed by atoms with van der Waals surface area (Å²) in [5, 5.41) is 2.82. The third-order valence-corrected chi connectivity index (χ3v) is 1.94. The van der Waals surface area contributed by atoms with Crippen molar-refractivity contribution in [2.75, 3.05) is 19.8 Å². The number of nitrogens with one attached hydrogen (secondary N) is 1. The maximum Gasteiger partial charge on any atom is 0.223 e. The van der Waals surface area contributed by atoms with Crippen molar-refractivity contribution in [1.82, 2.24) is 5.32 Å². The van der Waals surface area contributed by atoms with Gasteiger partial charge in [0, 0.05) is 25.7 Å². The Bertz CT molecular complexity index is 131. The van der Waals surface area contributed by atoms with Crippen LogP contribution < -0.4 is 5.32 Å². The molecule has 0 spiro atoms. The maximum atomic E-state index is 11.2. The van der Waals surface area contributed by atoms with Crippen LogP contribution in [0.1, 0.15) is 33.6 Å². The topological polar surface area (TPSA) is 38.3 Å². The number of ether oxygens (including phenoxy) is 1. The number of hydrogen-bond acceptors (Lipinski definition) is 2. The Labute approximate surface area is 80.8 Å². The summed E-state index contributed by atoms with van der Waals surface area (Å²) >= 11 is 0. The first kappa shape index (κ1) is 12.4. The molecule has 1 N–H and O–H groups in total. The first-order chi connectivity index (χ1) is 6.34. The van der Waals surface area contributed by atoms with Gasteiger partial charge in [0.1, 0.15) is 0 Å². The van der Waals surface area contributed by atoms with Gasteiger partial charge in [-0.2, -0.15) is 0 Å². The van der Waals surface area contributed by atoms with Crippen LogP contribution in [0.2, 0.25) is 0 Å². The van der Waals surface area contributed by atoms with Crippen molar-refractivity contribution in [1.29, 1.82) is 0 Å².